The molecule has 5 heteroatoms. The van der Waals surface area contributed by atoms with Crippen LogP contribution in [0.1, 0.15) is 30.1 Å². The van der Waals surface area contributed by atoms with E-state index in [1.165, 1.54) is 0 Å². The van der Waals surface area contributed by atoms with Gasteiger partial charge in [-0.1, -0.05) is 6.92 Å². The summed E-state index contributed by atoms with van der Waals surface area (Å²) < 4.78 is 0. The van der Waals surface area contributed by atoms with Gasteiger partial charge in [-0.3, -0.25) is 14.6 Å². The lowest BCUT2D eigenvalue weighted by atomic mass is 10.2. The minimum Gasteiger partial charge on any atom is -0.481 e. The van der Waals surface area contributed by atoms with Gasteiger partial charge in [0.1, 0.15) is 0 Å². The van der Waals surface area contributed by atoms with Crippen molar-refractivity contribution in [3.8, 4) is 0 Å². The minimum atomic E-state index is -0.895. The van der Waals surface area contributed by atoms with Crippen LogP contribution < -0.4 is 0 Å². The third-order valence-corrected chi connectivity index (χ3v) is 2.30. The Labute approximate surface area is 100 Å². The lowest BCUT2D eigenvalue weighted by molar-refractivity contribution is -0.137. The van der Waals surface area contributed by atoms with E-state index in [1.54, 1.807) is 29.4 Å². The first-order chi connectivity index (χ1) is 8.15. The molecule has 1 heterocycles. The molecule has 1 rings (SSSR count). The van der Waals surface area contributed by atoms with Crippen molar-refractivity contribution in [1.29, 1.82) is 0 Å². The van der Waals surface area contributed by atoms with Gasteiger partial charge in [-0.15, -0.1) is 0 Å². The fourth-order valence-corrected chi connectivity index (χ4v) is 1.49. The summed E-state index contributed by atoms with van der Waals surface area (Å²) in [5, 5.41) is 8.63. The van der Waals surface area contributed by atoms with Crippen molar-refractivity contribution in [1.82, 2.24) is 9.88 Å². The first-order valence-electron chi connectivity index (χ1n) is 5.56. The molecular weight excluding hydrogens is 220 g/mol. The monoisotopic (exact) mass is 236 g/mol. The lowest BCUT2D eigenvalue weighted by Crippen LogP contribution is -2.33. The second-order valence-electron chi connectivity index (χ2n) is 3.67. The van der Waals surface area contributed by atoms with Crippen LogP contribution in [0, 0.1) is 0 Å². The van der Waals surface area contributed by atoms with Crippen LogP contribution in [-0.4, -0.2) is 40.0 Å². The van der Waals surface area contributed by atoms with E-state index in [4.69, 9.17) is 5.11 Å². The molecule has 0 bridgehead atoms. The van der Waals surface area contributed by atoms with Crippen LogP contribution in [-0.2, 0) is 4.79 Å². The van der Waals surface area contributed by atoms with E-state index >= 15 is 0 Å². The van der Waals surface area contributed by atoms with Gasteiger partial charge in [0.05, 0.1) is 6.42 Å². The van der Waals surface area contributed by atoms with Crippen LogP contribution in [0.3, 0.4) is 0 Å². The SMILES string of the molecule is CCCN(CCC(=O)O)C(=O)c1ccncc1. The molecule has 0 atom stereocenters. The lowest BCUT2D eigenvalue weighted by Gasteiger charge is -2.21. The third-order valence-electron chi connectivity index (χ3n) is 2.30. The van der Waals surface area contributed by atoms with E-state index in [0.29, 0.717) is 12.1 Å². The highest BCUT2D eigenvalue weighted by Gasteiger charge is 2.15. The maximum Gasteiger partial charge on any atom is 0.305 e. The number of carboxylic acids is 1. The van der Waals surface area contributed by atoms with Crippen LogP contribution in [0.2, 0.25) is 0 Å². The number of hydrogen-bond acceptors (Lipinski definition) is 3. The fraction of sp³-hybridized carbons (Fsp3) is 0.417. The average Bonchev–Trinajstić information content (AvgIpc) is 2.34. The van der Waals surface area contributed by atoms with Crippen molar-refractivity contribution in [2.24, 2.45) is 0 Å². The van der Waals surface area contributed by atoms with E-state index in [1.807, 2.05) is 6.92 Å². The highest BCUT2D eigenvalue weighted by molar-refractivity contribution is 5.94. The number of amides is 1. The summed E-state index contributed by atoms with van der Waals surface area (Å²) in [4.78, 5) is 28.0. The summed E-state index contributed by atoms with van der Waals surface area (Å²) in [6, 6.07) is 3.26. The van der Waals surface area contributed by atoms with Gasteiger partial charge in [0.25, 0.3) is 5.91 Å². The minimum absolute atomic E-state index is 0.0309. The summed E-state index contributed by atoms with van der Waals surface area (Å²) in [5.41, 5.74) is 0.541. The number of aromatic nitrogens is 1. The Morgan fingerprint density at radius 2 is 1.94 bits per heavy atom. The molecule has 0 saturated carbocycles. The molecule has 92 valence electrons. The maximum atomic E-state index is 12.1. The van der Waals surface area contributed by atoms with E-state index < -0.39 is 5.97 Å². The smallest absolute Gasteiger partial charge is 0.305 e. The quantitative estimate of drug-likeness (QED) is 0.810. The normalized spacial score (nSPS) is 9.94. The van der Waals surface area contributed by atoms with Crippen molar-refractivity contribution in [2.75, 3.05) is 13.1 Å². The molecule has 0 aliphatic rings. The summed E-state index contributed by atoms with van der Waals surface area (Å²) in [7, 11) is 0. The van der Waals surface area contributed by atoms with Crippen molar-refractivity contribution < 1.29 is 14.7 Å². The van der Waals surface area contributed by atoms with E-state index in [-0.39, 0.29) is 18.9 Å². The van der Waals surface area contributed by atoms with Crippen LogP contribution in [0.25, 0.3) is 0 Å². The Kier molecular flexibility index (Phi) is 5.13. The Hall–Kier alpha value is -1.91. The summed E-state index contributed by atoms with van der Waals surface area (Å²) in [6.45, 7) is 2.76. The zero-order valence-electron chi connectivity index (χ0n) is 9.80. The Morgan fingerprint density at radius 3 is 2.47 bits per heavy atom. The van der Waals surface area contributed by atoms with Crippen LogP contribution in [0.4, 0.5) is 0 Å². The predicted octanol–water partition coefficient (Wildman–Crippen LogP) is 1.41. The van der Waals surface area contributed by atoms with Gasteiger partial charge < -0.3 is 10.0 Å². The van der Waals surface area contributed by atoms with E-state index in [0.717, 1.165) is 6.42 Å². The summed E-state index contributed by atoms with van der Waals surface area (Å²) >= 11 is 0. The fourth-order valence-electron chi connectivity index (χ4n) is 1.49. The number of hydrogen-bond donors (Lipinski definition) is 1. The number of carbonyl (C=O) groups excluding carboxylic acids is 1. The molecule has 0 saturated heterocycles. The van der Waals surface area contributed by atoms with Gasteiger partial charge in [0, 0.05) is 31.0 Å². The van der Waals surface area contributed by atoms with Gasteiger partial charge in [-0.25, -0.2) is 0 Å². The van der Waals surface area contributed by atoms with Crippen LogP contribution in [0.5, 0.6) is 0 Å². The van der Waals surface area contributed by atoms with Crippen molar-refractivity contribution in [3.05, 3.63) is 30.1 Å². The van der Waals surface area contributed by atoms with E-state index in [2.05, 4.69) is 4.98 Å². The zero-order chi connectivity index (χ0) is 12.7. The summed E-state index contributed by atoms with van der Waals surface area (Å²) in [6.07, 6.45) is 3.87. The number of aliphatic carboxylic acids is 1. The molecule has 1 aromatic rings. The maximum absolute atomic E-state index is 12.1. The Balaban J connectivity index is 2.69. The molecule has 1 N–H and O–H groups in total. The topological polar surface area (TPSA) is 70.5 Å². The molecule has 0 aromatic carbocycles. The molecule has 0 radical (unpaired) electrons. The van der Waals surface area contributed by atoms with Gasteiger partial charge >= 0.3 is 5.97 Å². The molecule has 1 aromatic heterocycles. The Bertz CT molecular complexity index is 379. The number of nitrogens with zero attached hydrogens (tertiary/aromatic N) is 2. The Morgan fingerprint density at radius 1 is 1.29 bits per heavy atom. The van der Waals surface area contributed by atoms with Gasteiger partial charge in [-0.05, 0) is 18.6 Å². The zero-order valence-corrected chi connectivity index (χ0v) is 9.80. The molecule has 1 amide bonds. The van der Waals surface area contributed by atoms with Crippen LogP contribution >= 0.6 is 0 Å². The number of carbonyl (C=O) groups is 2. The van der Waals surface area contributed by atoms with Crippen molar-refractivity contribution in [2.45, 2.75) is 19.8 Å². The van der Waals surface area contributed by atoms with Crippen LogP contribution in [0.15, 0.2) is 24.5 Å². The number of pyridine rings is 1. The second kappa shape index (κ2) is 6.62. The largest absolute Gasteiger partial charge is 0.481 e. The molecular formula is C12H16N2O3. The number of carboxylic acid groups (broad SMARTS) is 1. The van der Waals surface area contributed by atoms with Gasteiger partial charge in [-0.2, -0.15) is 0 Å². The predicted molar refractivity (Wildman–Crippen MR) is 62.7 cm³/mol. The molecule has 0 aliphatic carbocycles. The molecule has 0 unspecified atom stereocenters. The first kappa shape index (κ1) is 13.2. The number of rotatable bonds is 6. The van der Waals surface area contributed by atoms with E-state index in [9.17, 15) is 9.59 Å². The standard InChI is InChI=1S/C12H16N2O3/c1-2-8-14(9-5-11(15)16)12(17)10-3-6-13-7-4-10/h3-4,6-7H,2,5,8-9H2,1H3,(H,15,16). The van der Waals surface area contributed by atoms with Gasteiger partial charge in [0.2, 0.25) is 0 Å². The molecule has 0 aliphatic heterocycles. The third kappa shape index (κ3) is 4.22. The van der Waals surface area contributed by atoms with Crippen molar-refractivity contribution >= 4 is 11.9 Å². The molecule has 0 spiro atoms. The molecule has 0 fully saturated rings. The summed E-state index contributed by atoms with van der Waals surface area (Å²) in [5.74, 6) is -1.04. The highest BCUT2D eigenvalue weighted by atomic mass is 16.4. The second-order valence-corrected chi connectivity index (χ2v) is 3.67. The molecule has 5 nitrogen and oxygen atoms in total. The van der Waals surface area contributed by atoms with Gasteiger partial charge in [0.15, 0.2) is 0 Å². The average molecular weight is 236 g/mol. The first-order valence-corrected chi connectivity index (χ1v) is 5.56. The van der Waals surface area contributed by atoms with Crippen molar-refractivity contribution in [3.63, 3.8) is 0 Å². The molecule has 17 heavy (non-hydrogen) atoms. The highest BCUT2D eigenvalue weighted by Crippen LogP contribution is 2.05.